The lowest BCUT2D eigenvalue weighted by molar-refractivity contribution is -0.0259. The number of ether oxygens (including phenoxy) is 1. The number of H-pyrrole nitrogens is 1. The van der Waals surface area contributed by atoms with E-state index in [1.54, 1.807) is 0 Å². The molecular weight excluding hydrogens is 539 g/mol. The Morgan fingerprint density at radius 1 is 1.38 bits per heavy atom. The van der Waals surface area contributed by atoms with Gasteiger partial charge in [0.05, 0.1) is 18.8 Å². The maximum Gasteiger partial charge on any atom is 0.444 e. The van der Waals surface area contributed by atoms with Crippen LogP contribution in [0.2, 0.25) is 0 Å². The van der Waals surface area contributed by atoms with Crippen molar-refractivity contribution in [2.24, 2.45) is 5.11 Å². The lowest BCUT2D eigenvalue weighted by Gasteiger charge is -2.26. The molecule has 6 N–H and O–H groups in total. The van der Waals surface area contributed by atoms with Crippen LogP contribution in [0.15, 0.2) is 20.9 Å². The molecule has 0 radical (unpaired) electrons. The number of hydrogen-bond acceptors (Lipinski definition) is 10. The summed E-state index contributed by atoms with van der Waals surface area (Å²) < 4.78 is 76.5. The van der Waals surface area contributed by atoms with Gasteiger partial charge in [-0.1, -0.05) is 5.11 Å². The lowest BCUT2D eigenvalue weighted by atomic mass is 10.1. The third-order valence-corrected chi connectivity index (χ3v) is 9.70. The van der Waals surface area contributed by atoms with E-state index in [1.807, 2.05) is 4.98 Å². The van der Waals surface area contributed by atoms with E-state index in [0.717, 1.165) is 16.0 Å². The third-order valence-electron chi connectivity index (χ3n) is 4.30. The second kappa shape index (κ2) is 10.1. The van der Waals surface area contributed by atoms with E-state index >= 15 is 0 Å². The van der Waals surface area contributed by atoms with Crippen molar-refractivity contribution in [3.8, 4) is 0 Å². The Bertz CT molecular complexity index is 1240. The van der Waals surface area contributed by atoms with Crippen LogP contribution in [-0.4, -0.2) is 53.6 Å². The highest BCUT2D eigenvalue weighted by atomic mass is 31.3. The Morgan fingerprint density at radius 3 is 2.53 bits per heavy atom. The molecule has 0 aromatic carbocycles. The van der Waals surface area contributed by atoms with E-state index in [-0.39, 0.29) is 12.0 Å². The van der Waals surface area contributed by atoms with E-state index in [4.69, 9.17) is 25.3 Å². The first-order chi connectivity index (χ1) is 15.5. The van der Waals surface area contributed by atoms with Crippen LogP contribution in [0.3, 0.4) is 0 Å². The molecule has 2 unspecified atom stereocenters. The Hall–Kier alpha value is -1.78. The van der Waals surface area contributed by atoms with Crippen LogP contribution >= 0.6 is 22.9 Å². The van der Waals surface area contributed by atoms with Crippen LogP contribution in [0.5, 0.6) is 0 Å². The molecule has 34 heavy (non-hydrogen) atoms. The van der Waals surface area contributed by atoms with Gasteiger partial charge in [-0.2, -0.15) is 8.78 Å². The number of azide groups is 1. The Morgan fingerprint density at radius 2 is 2.00 bits per heavy atom. The molecule has 1 aromatic heterocycles. The molecule has 1 saturated heterocycles. The van der Waals surface area contributed by atoms with Crippen molar-refractivity contribution < 1.29 is 55.9 Å². The summed E-state index contributed by atoms with van der Waals surface area (Å²) in [5.41, 5.74) is 7.23. The normalized spacial score (nSPS) is 24.7. The fourth-order valence-electron chi connectivity index (χ4n) is 2.63. The van der Waals surface area contributed by atoms with Gasteiger partial charge in [-0.05, 0) is 12.5 Å². The van der Waals surface area contributed by atoms with Crippen LogP contribution < -0.4 is 16.5 Å². The van der Waals surface area contributed by atoms with Crippen LogP contribution in [-0.2, 0) is 27.3 Å². The van der Waals surface area contributed by atoms with Gasteiger partial charge in [0.25, 0.3) is 5.56 Å². The topological polar surface area (TPSA) is 275 Å². The number of rotatable bonds is 10. The minimum Gasteiger partial charge on any atom is -0.352 e. The van der Waals surface area contributed by atoms with Gasteiger partial charge < -0.3 is 24.6 Å². The standard InChI is InChI=1S/C11H17F2N6O12P3/c1-5-3-19(10(21)15-9(5)20)8-2-6(16-17-14)7(30-8)4-29-34(28,18-22)31-33(26,27)11(12,13)32(23,24)25/h3,6-8,22H,2,4H2,1H3,(H,18,28)(H,26,27)(H,15,20,21)(H2,23,24,25)/t6-,7-,8-,34?/m1/s1. The zero-order valence-electron chi connectivity index (χ0n) is 16.7. The summed E-state index contributed by atoms with van der Waals surface area (Å²) in [4.78, 5) is 54.5. The minimum absolute atomic E-state index is 0.107. The summed E-state index contributed by atoms with van der Waals surface area (Å²) in [5, 5.41) is 7.33. The van der Waals surface area contributed by atoms with Crippen molar-refractivity contribution in [2.45, 2.75) is 37.1 Å². The number of nitrogens with one attached hydrogen (secondary N) is 2. The van der Waals surface area contributed by atoms with Crippen molar-refractivity contribution in [1.29, 1.82) is 0 Å². The molecule has 0 spiro atoms. The number of aromatic amines is 1. The van der Waals surface area contributed by atoms with E-state index < -0.39 is 64.6 Å². The Labute approximate surface area is 186 Å². The van der Waals surface area contributed by atoms with Gasteiger partial charge in [0.2, 0.25) is 0 Å². The molecule has 2 rings (SSSR count). The number of nitrogens with zero attached hydrogens (tertiary/aromatic N) is 4. The molecule has 0 bridgehead atoms. The second-order valence-electron chi connectivity index (χ2n) is 6.66. The highest BCUT2D eigenvalue weighted by Gasteiger charge is 2.67. The zero-order valence-corrected chi connectivity index (χ0v) is 19.3. The van der Waals surface area contributed by atoms with Crippen molar-refractivity contribution in [2.75, 3.05) is 6.61 Å². The van der Waals surface area contributed by atoms with Gasteiger partial charge >= 0.3 is 34.0 Å². The van der Waals surface area contributed by atoms with Gasteiger partial charge in [0.15, 0.2) is 0 Å². The van der Waals surface area contributed by atoms with Gasteiger partial charge in [0.1, 0.15) is 6.23 Å². The van der Waals surface area contributed by atoms with Crippen LogP contribution in [0, 0.1) is 6.92 Å². The molecule has 5 atom stereocenters. The number of aromatic nitrogens is 2. The van der Waals surface area contributed by atoms with E-state index in [2.05, 4.69) is 18.9 Å². The number of aryl methyl sites for hydroxylation is 1. The molecule has 18 nitrogen and oxygen atoms in total. The smallest absolute Gasteiger partial charge is 0.352 e. The monoisotopic (exact) mass is 556 g/mol. The number of hydrogen-bond donors (Lipinski definition) is 6. The Kier molecular flexibility index (Phi) is 8.43. The molecule has 1 fully saturated rings. The highest BCUT2D eigenvalue weighted by Crippen LogP contribution is 2.77. The number of halogens is 2. The first-order valence-electron chi connectivity index (χ1n) is 8.63. The summed E-state index contributed by atoms with van der Waals surface area (Å²) in [5.74, 6) is 0. The average Bonchev–Trinajstić information content (AvgIpc) is 3.11. The predicted octanol–water partition coefficient (Wildman–Crippen LogP) is 0.845. The second-order valence-corrected chi connectivity index (χ2v) is 12.4. The third kappa shape index (κ3) is 5.88. The van der Waals surface area contributed by atoms with Crippen molar-refractivity contribution in [1.82, 2.24) is 14.8 Å². The number of alkyl halides is 2. The highest BCUT2D eigenvalue weighted by molar-refractivity contribution is 7.76. The zero-order chi connectivity index (χ0) is 26.1. The van der Waals surface area contributed by atoms with E-state index in [1.165, 1.54) is 6.92 Å². The van der Waals surface area contributed by atoms with Gasteiger partial charge in [0, 0.05) is 23.1 Å². The minimum atomic E-state index is -6.73. The van der Waals surface area contributed by atoms with Crippen molar-refractivity contribution >= 4 is 22.9 Å². The van der Waals surface area contributed by atoms with Crippen LogP contribution in [0.25, 0.3) is 10.4 Å². The quantitative estimate of drug-likeness (QED) is 0.0767. The molecular formula is C11H17F2N6O12P3. The Balaban J connectivity index is 2.24. The molecule has 192 valence electrons. The molecule has 1 aliphatic heterocycles. The van der Waals surface area contributed by atoms with Crippen LogP contribution in [0.4, 0.5) is 8.78 Å². The van der Waals surface area contributed by atoms with E-state index in [9.17, 15) is 37.0 Å². The molecule has 23 heteroatoms. The van der Waals surface area contributed by atoms with Gasteiger partial charge in [-0.25, -0.2) is 13.7 Å². The SMILES string of the molecule is Cc1cn([C@H]2C[C@@H](N=[N+]=[N-])[C@@H](COP(=O)(NO)OP(=O)(O)C(F)(F)P(=O)(O)O)O2)c(=O)[nH]c1=O. The first kappa shape index (κ1) is 28.5. The molecule has 0 amide bonds. The van der Waals surface area contributed by atoms with E-state index in [0.29, 0.717) is 0 Å². The first-order valence-corrected chi connectivity index (χ1v) is 13.4. The molecule has 0 saturated carbocycles. The molecule has 1 aliphatic rings. The predicted molar refractivity (Wildman–Crippen MR) is 104 cm³/mol. The summed E-state index contributed by atoms with van der Waals surface area (Å²) in [6, 6.07) is -1.17. The van der Waals surface area contributed by atoms with Crippen LogP contribution in [0.1, 0.15) is 18.2 Å². The maximum absolute atomic E-state index is 13.6. The fraction of sp³-hybridized carbons (Fsp3) is 0.636. The van der Waals surface area contributed by atoms with Gasteiger partial charge in [-0.3, -0.25) is 28.0 Å². The summed E-state index contributed by atoms with van der Waals surface area (Å²) in [6.07, 6.45) is -1.68. The van der Waals surface area contributed by atoms with Crippen molar-refractivity contribution in [3.05, 3.63) is 43.0 Å². The summed E-state index contributed by atoms with van der Waals surface area (Å²) in [6.45, 7) is 0.333. The maximum atomic E-state index is 13.6. The molecule has 0 aliphatic carbocycles. The molecule has 1 aromatic rings. The molecule has 2 heterocycles. The summed E-state index contributed by atoms with van der Waals surface area (Å²) in [7, 11) is -18.9. The average molecular weight is 556 g/mol. The lowest BCUT2D eigenvalue weighted by Crippen LogP contribution is -2.33. The van der Waals surface area contributed by atoms with Crippen molar-refractivity contribution in [3.63, 3.8) is 0 Å². The van der Waals surface area contributed by atoms with Gasteiger partial charge in [-0.15, -0.1) is 5.25 Å². The summed E-state index contributed by atoms with van der Waals surface area (Å²) >= 11 is 0. The fourth-order valence-corrected chi connectivity index (χ4v) is 6.57. The largest absolute Gasteiger partial charge is 0.444 e.